The predicted molar refractivity (Wildman–Crippen MR) is 84.4 cm³/mol. The molecule has 0 amide bonds. The van der Waals surface area contributed by atoms with Crippen molar-refractivity contribution in [2.75, 3.05) is 25.6 Å². The number of methoxy groups -OCH3 is 1. The molecule has 2 aromatic rings. The highest BCUT2D eigenvalue weighted by Gasteiger charge is 2.14. The second kappa shape index (κ2) is 6.96. The van der Waals surface area contributed by atoms with E-state index < -0.39 is 0 Å². The average molecular weight is 270 g/mol. The summed E-state index contributed by atoms with van der Waals surface area (Å²) in [5, 5.41) is 0. The third-order valence-corrected chi connectivity index (χ3v) is 3.61. The van der Waals surface area contributed by atoms with E-state index in [1.165, 1.54) is 5.56 Å². The van der Waals surface area contributed by atoms with Gasteiger partial charge in [-0.25, -0.2) is 0 Å². The largest absolute Gasteiger partial charge is 0.497 e. The molecule has 2 N–H and O–H groups in total. The third-order valence-electron chi connectivity index (χ3n) is 3.61. The Morgan fingerprint density at radius 2 is 1.70 bits per heavy atom. The Kier molecular flexibility index (Phi) is 5.02. The van der Waals surface area contributed by atoms with E-state index in [1.54, 1.807) is 7.11 Å². The molecule has 0 aliphatic heterocycles. The van der Waals surface area contributed by atoms with Gasteiger partial charge in [-0.15, -0.1) is 0 Å². The van der Waals surface area contributed by atoms with E-state index in [0.29, 0.717) is 6.54 Å². The van der Waals surface area contributed by atoms with Gasteiger partial charge in [-0.3, -0.25) is 0 Å². The summed E-state index contributed by atoms with van der Waals surface area (Å²) in [5.41, 5.74) is 8.41. The van der Waals surface area contributed by atoms with Crippen molar-refractivity contribution in [1.29, 1.82) is 0 Å². The Bertz CT molecular complexity index is 510. The van der Waals surface area contributed by atoms with Gasteiger partial charge in [0, 0.05) is 25.3 Å². The van der Waals surface area contributed by atoms with Crippen molar-refractivity contribution < 1.29 is 4.74 Å². The summed E-state index contributed by atoms with van der Waals surface area (Å²) in [5.74, 6) is 0.870. The number of nitrogens with zero attached hydrogens (tertiary/aromatic N) is 1. The highest BCUT2D eigenvalue weighted by molar-refractivity contribution is 5.49. The summed E-state index contributed by atoms with van der Waals surface area (Å²) in [7, 11) is 3.76. The minimum Gasteiger partial charge on any atom is -0.497 e. The maximum atomic E-state index is 5.95. The maximum absolute atomic E-state index is 5.95. The topological polar surface area (TPSA) is 38.5 Å². The number of hydrogen-bond acceptors (Lipinski definition) is 3. The zero-order valence-electron chi connectivity index (χ0n) is 12.1. The molecule has 20 heavy (non-hydrogen) atoms. The van der Waals surface area contributed by atoms with E-state index in [0.717, 1.165) is 17.9 Å². The summed E-state index contributed by atoms with van der Waals surface area (Å²) >= 11 is 0. The quantitative estimate of drug-likeness (QED) is 0.877. The van der Waals surface area contributed by atoms with Crippen LogP contribution in [0.4, 0.5) is 5.69 Å². The van der Waals surface area contributed by atoms with Crippen LogP contribution in [-0.2, 0) is 6.42 Å². The number of benzene rings is 2. The van der Waals surface area contributed by atoms with Gasteiger partial charge in [0.1, 0.15) is 5.75 Å². The van der Waals surface area contributed by atoms with Crippen LogP contribution in [0.3, 0.4) is 0 Å². The van der Waals surface area contributed by atoms with Crippen LogP contribution in [0.25, 0.3) is 0 Å². The third kappa shape index (κ3) is 3.52. The van der Waals surface area contributed by atoms with Crippen molar-refractivity contribution in [2.24, 2.45) is 5.73 Å². The van der Waals surface area contributed by atoms with Crippen LogP contribution < -0.4 is 15.4 Å². The van der Waals surface area contributed by atoms with E-state index >= 15 is 0 Å². The van der Waals surface area contributed by atoms with Crippen molar-refractivity contribution in [2.45, 2.75) is 12.5 Å². The minimum atomic E-state index is 0.283. The normalized spacial score (nSPS) is 11.9. The summed E-state index contributed by atoms with van der Waals surface area (Å²) in [6, 6.07) is 18.8. The molecule has 0 bridgehead atoms. The number of nitrogens with two attached hydrogens (primary N) is 1. The molecular weight excluding hydrogens is 248 g/mol. The predicted octanol–water partition coefficient (Wildman–Crippen LogP) is 2.70. The lowest BCUT2D eigenvalue weighted by Gasteiger charge is -2.29. The summed E-state index contributed by atoms with van der Waals surface area (Å²) in [6.07, 6.45) is 0.944. The molecule has 3 nitrogen and oxygen atoms in total. The number of likely N-dealkylation sites (N-methyl/N-ethyl adjacent to an activating group) is 1. The van der Waals surface area contributed by atoms with E-state index in [9.17, 15) is 0 Å². The fourth-order valence-electron chi connectivity index (χ4n) is 2.29. The van der Waals surface area contributed by atoms with Crippen LogP contribution in [-0.4, -0.2) is 26.7 Å². The van der Waals surface area contributed by atoms with Gasteiger partial charge in [-0.05, 0) is 36.2 Å². The Morgan fingerprint density at radius 3 is 2.25 bits per heavy atom. The number of anilines is 1. The number of rotatable bonds is 6. The number of hydrogen-bond donors (Lipinski definition) is 1. The van der Waals surface area contributed by atoms with Crippen molar-refractivity contribution in [3.8, 4) is 5.75 Å². The summed E-state index contributed by atoms with van der Waals surface area (Å²) in [4.78, 5) is 2.23. The summed E-state index contributed by atoms with van der Waals surface area (Å²) < 4.78 is 5.19. The molecule has 0 aliphatic carbocycles. The first kappa shape index (κ1) is 14.4. The first-order valence-electron chi connectivity index (χ1n) is 6.85. The van der Waals surface area contributed by atoms with E-state index in [-0.39, 0.29) is 6.04 Å². The lowest BCUT2D eigenvalue weighted by Crippen LogP contribution is -2.39. The molecule has 0 spiro atoms. The molecule has 0 aliphatic rings. The molecule has 1 atom stereocenters. The Hall–Kier alpha value is -2.00. The van der Waals surface area contributed by atoms with E-state index in [4.69, 9.17) is 10.5 Å². The van der Waals surface area contributed by atoms with Gasteiger partial charge < -0.3 is 15.4 Å². The highest BCUT2D eigenvalue weighted by atomic mass is 16.5. The lowest BCUT2D eigenvalue weighted by atomic mass is 10.0. The van der Waals surface area contributed by atoms with E-state index in [1.807, 2.05) is 18.2 Å². The van der Waals surface area contributed by atoms with Crippen LogP contribution >= 0.6 is 0 Å². The van der Waals surface area contributed by atoms with Gasteiger partial charge >= 0.3 is 0 Å². The smallest absolute Gasteiger partial charge is 0.119 e. The van der Waals surface area contributed by atoms with Crippen molar-refractivity contribution >= 4 is 5.69 Å². The molecule has 0 saturated heterocycles. The molecule has 0 fully saturated rings. The van der Waals surface area contributed by atoms with Crippen LogP contribution in [0.1, 0.15) is 5.56 Å². The van der Waals surface area contributed by atoms with Crippen molar-refractivity contribution in [3.63, 3.8) is 0 Å². The number of ether oxygens (including phenoxy) is 1. The van der Waals surface area contributed by atoms with Gasteiger partial charge in [0.15, 0.2) is 0 Å². The average Bonchev–Trinajstić information content (AvgIpc) is 2.53. The van der Waals surface area contributed by atoms with Crippen molar-refractivity contribution in [1.82, 2.24) is 0 Å². The molecule has 0 heterocycles. The minimum absolute atomic E-state index is 0.283. The second-order valence-electron chi connectivity index (χ2n) is 4.89. The van der Waals surface area contributed by atoms with E-state index in [2.05, 4.69) is 48.3 Å². The molecular formula is C17H22N2O. The highest BCUT2D eigenvalue weighted by Crippen LogP contribution is 2.21. The van der Waals surface area contributed by atoms with Gasteiger partial charge in [-0.2, -0.15) is 0 Å². The first-order chi connectivity index (χ1) is 9.74. The second-order valence-corrected chi connectivity index (χ2v) is 4.89. The van der Waals surface area contributed by atoms with Crippen molar-refractivity contribution in [3.05, 3.63) is 60.2 Å². The Balaban J connectivity index is 2.09. The fraction of sp³-hybridized carbons (Fsp3) is 0.294. The molecule has 0 aromatic heterocycles. The van der Waals surface area contributed by atoms with Gasteiger partial charge in [0.25, 0.3) is 0 Å². The molecule has 2 rings (SSSR count). The zero-order chi connectivity index (χ0) is 14.4. The maximum Gasteiger partial charge on any atom is 0.119 e. The van der Waals surface area contributed by atoms with Crippen LogP contribution in [0, 0.1) is 0 Å². The van der Waals surface area contributed by atoms with Crippen LogP contribution in [0.15, 0.2) is 54.6 Å². The zero-order valence-corrected chi connectivity index (χ0v) is 12.1. The standard InChI is InChI=1S/C17H22N2O/c1-19(15-8-10-17(20-2)11-9-15)16(13-18)12-14-6-4-3-5-7-14/h3-11,16H,12-13,18H2,1-2H3. The molecule has 3 heteroatoms. The molecule has 106 valence electrons. The SMILES string of the molecule is COc1ccc(N(C)C(CN)Cc2ccccc2)cc1. The molecule has 0 radical (unpaired) electrons. The van der Waals surface area contributed by atoms with Gasteiger partial charge in [0.2, 0.25) is 0 Å². The summed E-state index contributed by atoms with van der Waals surface area (Å²) in [6.45, 7) is 0.622. The van der Waals surface area contributed by atoms with Crippen LogP contribution in [0.5, 0.6) is 5.75 Å². The van der Waals surface area contributed by atoms with Gasteiger partial charge in [-0.1, -0.05) is 30.3 Å². The Labute approximate surface area is 121 Å². The molecule has 1 unspecified atom stereocenters. The Morgan fingerprint density at radius 1 is 1.05 bits per heavy atom. The first-order valence-corrected chi connectivity index (χ1v) is 6.85. The molecule has 2 aromatic carbocycles. The monoisotopic (exact) mass is 270 g/mol. The lowest BCUT2D eigenvalue weighted by molar-refractivity contribution is 0.415. The van der Waals surface area contributed by atoms with Crippen LogP contribution in [0.2, 0.25) is 0 Å². The van der Waals surface area contributed by atoms with Gasteiger partial charge in [0.05, 0.1) is 7.11 Å². The molecule has 0 saturated carbocycles. The fourth-order valence-corrected chi connectivity index (χ4v) is 2.29.